The number of nitrogens with zero attached hydrogens (tertiary/aromatic N) is 2. The van der Waals surface area contributed by atoms with Crippen LogP contribution in [-0.2, 0) is 22.4 Å². The van der Waals surface area contributed by atoms with Gasteiger partial charge in [0.1, 0.15) is 16.1 Å². The van der Waals surface area contributed by atoms with Gasteiger partial charge < -0.3 is 10.1 Å². The van der Waals surface area contributed by atoms with E-state index in [1.54, 1.807) is 24.3 Å². The predicted octanol–water partition coefficient (Wildman–Crippen LogP) is 7.39. The first-order chi connectivity index (χ1) is 18.1. The number of nitriles is 1. The molecule has 1 unspecified atom stereocenters. The van der Waals surface area contributed by atoms with Crippen molar-refractivity contribution in [1.82, 2.24) is 4.98 Å². The molecule has 9 heteroatoms. The third-order valence-corrected chi connectivity index (χ3v) is 9.24. The van der Waals surface area contributed by atoms with E-state index < -0.39 is 5.97 Å². The molecule has 0 radical (unpaired) electrons. The molecule has 1 aliphatic rings. The van der Waals surface area contributed by atoms with Gasteiger partial charge in [-0.3, -0.25) is 4.79 Å². The van der Waals surface area contributed by atoms with Gasteiger partial charge in [0.05, 0.1) is 23.9 Å². The third-order valence-electron chi connectivity index (χ3n) is 6.82. The molecule has 2 heterocycles. The van der Waals surface area contributed by atoms with Crippen LogP contribution in [0.5, 0.6) is 0 Å². The van der Waals surface area contributed by atoms with Gasteiger partial charge in [-0.25, -0.2) is 9.78 Å². The first-order valence-corrected chi connectivity index (χ1v) is 14.6. The monoisotopic (exact) mass is 567 g/mol. The Bertz CT molecular complexity index is 1390. The molecule has 0 spiro atoms. The second kappa shape index (κ2) is 11.9. The lowest BCUT2D eigenvalue weighted by Crippen LogP contribution is -2.26. The van der Waals surface area contributed by atoms with Gasteiger partial charge in [-0.1, -0.05) is 44.5 Å². The van der Waals surface area contributed by atoms with E-state index >= 15 is 0 Å². The van der Waals surface area contributed by atoms with Crippen LogP contribution in [0.2, 0.25) is 5.02 Å². The summed E-state index contributed by atoms with van der Waals surface area (Å²) < 4.78 is 5.06. The maximum absolute atomic E-state index is 12.9. The molecule has 0 saturated heterocycles. The molecule has 0 aliphatic heterocycles. The highest BCUT2D eigenvalue weighted by Gasteiger charge is 2.34. The van der Waals surface area contributed by atoms with Crippen LogP contribution >= 0.6 is 34.7 Å². The Kier molecular flexibility index (Phi) is 8.81. The highest BCUT2D eigenvalue weighted by atomic mass is 35.5. The molecule has 198 valence electrons. The minimum absolute atomic E-state index is 0.176. The number of thioether (sulfide) groups is 1. The number of hydrogen-bond donors (Lipinski definition) is 1. The molecule has 0 bridgehead atoms. The van der Waals surface area contributed by atoms with E-state index in [-0.39, 0.29) is 17.7 Å². The van der Waals surface area contributed by atoms with Crippen molar-refractivity contribution < 1.29 is 14.3 Å². The number of anilines is 1. The number of pyridine rings is 1. The van der Waals surface area contributed by atoms with Gasteiger partial charge in [-0.15, -0.1) is 23.1 Å². The summed E-state index contributed by atoms with van der Waals surface area (Å²) in [6.07, 6.45) is 2.91. The van der Waals surface area contributed by atoms with Crippen molar-refractivity contribution in [3.8, 4) is 17.3 Å². The Morgan fingerprint density at radius 1 is 1.24 bits per heavy atom. The van der Waals surface area contributed by atoms with E-state index in [9.17, 15) is 14.9 Å². The number of esters is 1. The number of fused-ring (bicyclic) bond motifs is 1. The van der Waals surface area contributed by atoms with Crippen LogP contribution < -0.4 is 5.32 Å². The Hall–Kier alpha value is -2.86. The summed E-state index contributed by atoms with van der Waals surface area (Å²) in [6.45, 7) is 6.74. The summed E-state index contributed by atoms with van der Waals surface area (Å²) in [5.74, 6) is 0.344. The maximum Gasteiger partial charge on any atom is 0.341 e. The number of aromatic nitrogens is 1. The largest absolute Gasteiger partial charge is 0.465 e. The lowest BCUT2D eigenvalue weighted by molar-refractivity contribution is -0.115. The summed E-state index contributed by atoms with van der Waals surface area (Å²) in [7, 11) is 1.37. The first-order valence-electron chi connectivity index (χ1n) is 12.4. The van der Waals surface area contributed by atoms with Gasteiger partial charge in [0.15, 0.2) is 0 Å². The number of halogens is 1. The Balaban J connectivity index is 1.45. The molecular weight excluding hydrogens is 538 g/mol. The third kappa shape index (κ3) is 6.40. The maximum atomic E-state index is 12.9. The molecule has 1 atom stereocenters. The van der Waals surface area contributed by atoms with Crippen molar-refractivity contribution in [2.75, 3.05) is 18.2 Å². The molecule has 6 nitrogen and oxygen atoms in total. The topological polar surface area (TPSA) is 92.1 Å². The number of methoxy groups -OCH3 is 1. The molecule has 38 heavy (non-hydrogen) atoms. The number of benzene rings is 1. The van der Waals surface area contributed by atoms with Gasteiger partial charge in [-0.05, 0) is 60.4 Å². The molecule has 1 aromatic carbocycles. The zero-order valence-corrected chi connectivity index (χ0v) is 24.3. The second-order valence-electron chi connectivity index (χ2n) is 10.3. The minimum atomic E-state index is -0.414. The van der Waals surface area contributed by atoms with Crippen LogP contribution in [0.15, 0.2) is 41.4 Å². The average Bonchev–Trinajstić information content (AvgIpc) is 3.25. The zero-order chi connectivity index (χ0) is 27.4. The standard InChI is InChI=1S/C29H30ClN3O3S2/c1-29(2,3)19-8-11-21-23(15-19)38-27(25(21)28(35)36-4)33-24(34)13-14-37-26-18(16-31)7-12-22(32-26)17-5-9-20(30)10-6-17/h5-7,9-10,12,19H,8,11,13-15H2,1-4H3,(H,33,34). The molecule has 2 aromatic heterocycles. The van der Waals surface area contributed by atoms with E-state index in [1.165, 1.54) is 30.2 Å². The fourth-order valence-corrected chi connectivity index (χ4v) is 6.95. The van der Waals surface area contributed by atoms with Crippen LogP contribution in [0.4, 0.5) is 5.00 Å². The van der Waals surface area contributed by atoms with Crippen molar-refractivity contribution in [2.45, 2.75) is 51.5 Å². The van der Waals surface area contributed by atoms with Crippen LogP contribution in [0, 0.1) is 22.7 Å². The number of nitrogens with one attached hydrogen (secondary N) is 1. The molecule has 1 amide bonds. The summed E-state index contributed by atoms with van der Waals surface area (Å²) >= 11 is 8.84. The van der Waals surface area contributed by atoms with Crippen LogP contribution in [-0.4, -0.2) is 29.7 Å². The Labute approximate surface area is 236 Å². The Morgan fingerprint density at radius 2 is 1.97 bits per heavy atom. The number of amides is 1. The number of carbonyl (C=O) groups excluding carboxylic acids is 2. The minimum Gasteiger partial charge on any atom is -0.465 e. The fourth-order valence-electron chi connectivity index (χ4n) is 4.58. The molecule has 3 aromatic rings. The summed E-state index contributed by atoms with van der Waals surface area (Å²) in [5.41, 5.74) is 3.76. The zero-order valence-electron chi connectivity index (χ0n) is 21.9. The van der Waals surface area contributed by atoms with Crippen LogP contribution in [0.25, 0.3) is 11.3 Å². The average molecular weight is 568 g/mol. The molecule has 0 saturated carbocycles. The van der Waals surface area contributed by atoms with E-state index in [1.807, 2.05) is 12.1 Å². The van der Waals surface area contributed by atoms with E-state index in [4.69, 9.17) is 16.3 Å². The smallest absolute Gasteiger partial charge is 0.341 e. The SMILES string of the molecule is COC(=O)c1c(NC(=O)CCSc2nc(-c3ccc(Cl)cc3)ccc2C#N)sc2c1CCC(C(C)(C)C)C2. The number of hydrogen-bond acceptors (Lipinski definition) is 7. The fraction of sp³-hybridized carbons (Fsp3) is 0.379. The molecule has 1 N–H and O–H groups in total. The molecule has 0 fully saturated rings. The lowest BCUT2D eigenvalue weighted by atomic mass is 9.72. The molecule has 4 rings (SSSR count). The normalized spacial score (nSPS) is 14.9. The lowest BCUT2D eigenvalue weighted by Gasteiger charge is -2.33. The summed E-state index contributed by atoms with van der Waals surface area (Å²) in [4.78, 5) is 31.4. The van der Waals surface area contributed by atoms with Gasteiger partial charge in [0.2, 0.25) is 5.91 Å². The van der Waals surface area contributed by atoms with Crippen LogP contribution in [0.1, 0.15) is 60.0 Å². The van der Waals surface area contributed by atoms with E-state index in [2.05, 4.69) is 37.1 Å². The number of ether oxygens (including phenoxy) is 1. The second-order valence-corrected chi connectivity index (χ2v) is 12.9. The van der Waals surface area contributed by atoms with E-state index in [0.29, 0.717) is 37.8 Å². The number of carbonyl (C=O) groups is 2. The number of thiophene rings is 1. The van der Waals surface area contributed by atoms with E-state index in [0.717, 1.165) is 41.0 Å². The van der Waals surface area contributed by atoms with Crippen molar-refractivity contribution in [3.05, 3.63) is 63.0 Å². The van der Waals surface area contributed by atoms with Crippen molar-refractivity contribution in [3.63, 3.8) is 0 Å². The van der Waals surface area contributed by atoms with Crippen molar-refractivity contribution >= 4 is 51.6 Å². The number of rotatable bonds is 7. The first kappa shape index (κ1) is 28.2. The highest BCUT2D eigenvalue weighted by Crippen LogP contribution is 2.44. The van der Waals surface area contributed by atoms with Crippen molar-refractivity contribution in [2.24, 2.45) is 11.3 Å². The van der Waals surface area contributed by atoms with Gasteiger partial charge in [0.25, 0.3) is 0 Å². The van der Waals surface area contributed by atoms with Crippen molar-refractivity contribution in [1.29, 1.82) is 5.26 Å². The summed E-state index contributed by atoms with van der Waals surface area (Å²) in [6, 6.07) is 13.1. The molecular formula is C29H30ClN3O3S2. The highest BCUT2D eigenvalue weighted by molar-refractivity contribution is 7.99. The summed E-state index contributed by atoms with van der Waals surface area (Å²) in [5, 5.41) is 14.3. The van der Waals surface area contributed by atoms with Gasteiger partial charge >= 0.3 is 5.97 Å². The van der Waals surface area contributed by atoms with Gasteiger partial charge in [0, 0.05) is 27.6 Å². The van der Waals surface area contributed by atoms with Crippen LogP contribution in [0.3, 0.4) is 0 Å². The molecule has 1 aliphatic carbocycles. The predicted molar refractivity (Wildman–Crippen MR) is 154 cm³/mol. The quantitative estimate of drug-likeness (QED) is 0.236. The van der Waals surface area contributed by atoms with Gasteiger partial charge in [-0.2, -0.15) is 5.26 Å². The Morgan fingerprint density at radius 3 is 2.63 bits per heavy atom.